The van der Waals surface area contributed by atoms with Gasteiger partial charge in [0, 0.05) is 6.54 Å². The van der Waals surface area contributed by atoms with Crippen LogP contribution in [0, 0.1) is 0 Å². The molecular formula is C21H27NO4S. The van der Waals surface area contributed by atoms with E-state index in [1.165, 1.54) is 16.7 Å². The molecule has 0 saturated heterocycles. The number of benzene rings is 2. The third kappa shape index (κ3) is 4.28. The van der Waals surface area contributed by atoms with E-state index in [-0.39, 0.29) is 5.75 Å². The van der Waals surface area contributed by atoms with Gasteiger partial charge in [-0.3, -0.25) is 4.55 Å². The van der Waals surface area contributed by atoms with Crippen molar-refractivity contribution in [3.8, 4) is 11.5 Å². The lowest BCUT2D eigenvalue weighted by atomic mass is 10.00. The maximum Gasteiger partial charge on any atom is 0.264 e. The second-order valence-corrected chi connectivity index (χ2v) is 8.43. The van der Waals surface area contributed by atoms with Gasteiger partial charge in [0.15, 0.2) is 11.5 Å². The largest absolute Gasteiger partial charge is 0.453 e. The predicted octanol–water partition coefficient (Wildman–Crippen LogP) is 4.90. The van der Waals surface area contributed by atoms with Crippen LogP contribution in [-0.2, 0) is 29.4 Å². The summed E-state index contributed by atoms with van der Waals surface area (Å²) in [4.78, 5) is 2.15. The molecule has 0 unspecified atom stereocenters. The Morgan fingerprint density at radius 2 is 1.70 bits per heavy atom. The molecule has 0 bridgehead atoms. The predicted molar refractivity (Wildman–Crippen MR) is 109 cm³/mol. The van der Waals surface area contributed by atoms with E-state index in [1.54, 1.807) is 0 Å². The number of hydrogen-bond acceptors (Lipinski definition) is 4. The highest BCUT2D eigenvalue weighted by molar-refractivity contribution is 7.85. The zero-order valence-electron chi connectivity index (χ0n) is 16.2. The van der Waals surface area contributed by atoms with Crippen LogP contribution in [0.5, 0.6) is 11.5 Å². The summed E-state index contributed by atoms with van der Waals surface area (Å²) in [5, 5.41) is 0. The van der Waals surface area contributed by atoms with Crippen LogP contribution >= 0.6 is 0 Å². The average molecular weight is 390 g/mol. The molecular weight excluding hydrogens is 362 g/mol. The van der Waals surface area contributed by atoms with E-state index in [0.717, 1.165) is 42.1 Å². The summed E-state index contributed by atoms with van der Waals surface area (Å²) >= 11 is 0. The fourth-order valence-electron chi connectivity index (χ4n) is 3.54. The van der Waals surface area contributed by atoms with Crippen LogP contribution in [0.15, 0.2) is 30.3 Å². The minimum atomic E-state index is -3.98. The van der Waals surface area contributed by atoms with Gasteiger partial charge in [-0.25, -0.2) is 0 Å². The monoisotopic (exact) mass is 389 g/mol. The number of nitrogens with zero attached hydrogens (tertiary/aromatic N) is 1. The van der Waals surface area contributed by atoms with Crippen LogP contribution in [0.25, 0.3) is 0 Å². The summed E-state index contributed by atoms with van der Waals surface area (Å²) in [7, 11) is -3.98. The third-order valence-electron chi connectivity index (χ3n) is 5.00. The highest BCUT2D eigenvalue weighted by Crippen LogP contribution is 2.49. The Hall–Kier alpha value is -2.05. The molecule has 0 spiro atoms. The van der Waals surface area contributed by atoms with E-state index in [0.29, 0.717) is 13.0 Å². The second kappa shape index (κ2) is 7.90. The molecule has 27 heavy (non-hydrogen) atoms. The van der Waals surface area contributed by atoms with Crippen molar-refractivity contribution in [3.63, 3.8) is 0 Å². The number of rotatable bonds is 7. The van der Waals surface area contributed by atoms with Gasteiger partial charge in [-0.15, -0.1) is 0 Å². The molecule has 0 atom stereocenters. The molecule has 6 heteroatoms. The van der Waals surface area contributed by atoms with Gasteiger partial charge in [-0.1, -0.05) is 32.9 Å². The van der Waals surface area contributed by atoms with Gasteiger partial charge < -0.3 is 9.64 Å². The molecule has 1 aliphatic rings. The molecule has 1 N–H and O–H groups in total. The summed E-state index contributed by atoms with van der Waals surface area (Å²) in [6.45, 7) is 6.83. The Morgan fingerprint density at radius 3 is 2.33 bits per heavy atom. The summed E-state index contributed by atoms with van der Waals surface area (Å²) in [5.41, 5.74) is 5.56. The quantitative estimate of drug-likeness (QED) is 0.683. The van der Waals surface area contributed by atoms with Crippen molar-refractivity contribution < 1.29 is 17.7 Å². The van der Waals surface area contributed by atoms with E-state index < -0.39 is 10.1 Å². The lowest BCUT2D eigenvalue weighted by Gasteiger charge is -2.35. The van der Waals surface area contributed by atoms with E-state index in [1.807, 2.05) is 6.07 Å². The van der Waals surface area contributed by atoms with Gasteiger partial charge in [-0.2, -0.15) is 8.42 Å². The van der Waals surface area contributed by atoms with Crippen LogP contribution in [0.3, 0.4) is 0 Å². The third-order valence-corrected chi connectivity index (χ3v) is 5.80. The first-order chi connectivity index (χ1) is 12.9. The summed E-state index contributed by atoms with van der Waals surface area (Å²) in [6, 6.07) is 10.4. The fraction of sp³-hybridized carbons (Fsp3) is 0.429. The highest BCUT2D eigenvalue weighted by atomic mass is 32.2. The van der Waals surface area contributed by atoms with Gasteiger partial charge >= 0.3 is 0 Å². The number of aryl methyl sites for hydroxylation is 3. The topological polar surface area (TPSA) is 66.8 Å². The van der Waals surface area contributed by atoms with E-state index in [2.05, 4.69) is 49.9 Å². The van der Waals surface area contributed by atoms with Gasteiger partial charge in [0.25, 0.3) is 10.1 Å². The van der Waals surface area contributed by atoms with Crippen LogP contribution in [0.1, 0.15) is 43.9 Å². The Morgan fingerprint density at radius 1 is 0.963 bits per heavy atom. The Kier molecular flexibility index (Phi) is 5.77. The van der Waals surface area contributed by atoms with Crippen molar-refractivity contribution in [1.29, 1.82) is 0 Å². The van der Waals surface area contributed by atoms with Crippen molar-refractivity contribution in [2.24, 2.45) is 0 Å². The molecule has 2 aromatic carbocycles. The maximum atomic E-state index is 11.2. The first-order valence-corrected chi connectivity index (χ1v) is 11.2. The zero-order valence-corrected chi connectivity index (χ0v) is 17.0. The van der Waals surface area contributed by atoms with Gasteiger partial charge in [0.05, 0.1) is 17.1 Å². The average Bonchev–Trinajstić information content (AvgIpc) is 2.65. The standard InChI is InChI=1S/C21H27NO4S/c1-4-15-8-9-19-18(13-15)22(10-7-11-27(23,24)25)21-17(6-3)12-16(5-2)14-20(21)26-19/h8-9,12-14H,4-7,10-11H2,1-3H3,(H,23,24,25). The highest BCUT2D eigenvalue weighted by Gasteiger charge is 2.27. The van der Waals surface area contributed by atoms with Crippen molar-refractivity contribution >= 4 is 21.5 Å². The smallest absolute Gasteiger partial charge is 0.264 e. The summed E-state index contributed by atoms with van der Waals surface area (Å²) in [6.07, 6.45) is 3.03. The first-order valence-electron chi connectivity index (χ1n) is 9.55. The molecule has 0 aliphatic carbocycles. The van der Waals surface area contributed by atoms with E-state index >= 15 is 0 Å². The SMILES string of the molecule is CCc1cc(CC)c2c(c1)Oc1ccc(CC)cc1N2CCCS(=O)(=O)O. The molecule has 0 fully saturated rings. The Labute approximate surface area is 161 Å². The lowest BCUT2D eigenvalue weighted by molar-refractivity contribution is 0.470. The van der Waals surface area contributed by atoms with E-state index in [4.69, 9.17) is 9.29 Å². The van der Waals surface area contributed by atoms with Crippen molar-refractivity contribution in [2.75, 3.05) is 17.2 Å². The maximum absolute atomic E-state index is 11.2. The minimum Gasteiger partial charge on any atom is -0.453 e. The second-order valence-electron chi connectivity index (χ2n) is 6.86. The fourth-order valence-corrected chi connectivity index (χ4v) is 4.04. The normalized spacial score (nSPS) is 13.1. The van der Waals surface area contributed by atoms with Gasteiger partial charge in [-0.05, 0) is 60.6 Å². The summed E-state index contributed by atoms with van der Waals surface area (Å²) < 4.78 is 37.7. The van der Waals surface area contributed by atoms with E-state index in [9.17, 15) is 8.42 Å². The molecule has 2 aromatic rings. The Balaban J connectivity index is 2.08. The molecule has 146 valence electrons. The number of fused-ring (bicyclic) bond motifs is 2. The van der Waals surface area contributed by atoms with Crippen molar-refractivity contribution in [2.45, 2.75) is 46.5 Å². The lowest BCUT2D eigenvalue weighted by Crippen LogP contribution is -2.25. The van der Waals surface area contributed by atoms with Crippen LogP contribution in [-0.4, -0.2) is 25.3 Å². The molecule has 1 heterocycles. The zero-order chi connectivity index (χ0) is 19.6. The molecule has 0 saturated carbocycles. The molecule has 1 aliphatic heterocycles. The molecule has 0 aromatic heterocycles. The Bertz CT molecular complexity index is 937. The first kappa shape index (κ1) is 19.7. The van der Waals surface area contributed by atoms with Gasteiger partial charge in [0.1, 0.15) is 0 Å². The number of ether oxygens (including phenoxy) is 1. The molecule has 0 amide bonds. The van der Waals surface area contributed by atoms with Crippen molar-refractivity contribution in [1.82, 2.24) is 0 Å². The molecule has 0 radical (unpaired) electrons. The minimum absolute atomic E-state index is 0.253. The van der Waals surface area contributed by atoms with Gasteiger partial charge in [0.2, 0.25) is 0 Å². The van der Waals surface area contributed by atoms with Crippen LogP contribution in [0.2, 0.25) is 0 Å². The summed E-state index contributed by atoms with van der Waals surface area (Å²) in [5.74, 6) is 1.34. The molecule has 5 nitrogen and oxygen atoms in total. The van der Waals surface area contributed by atoms with Crippen LogP contribution < -0.4 is 9.64 Å². The number of hydrogen-bond donors (Lipinski definition) is 1. The van der Waals surface area contributed by atoms with Crippen molar-refractivity contribution in [3.05, 3.63) is 47.0 Å². The molecule has 3 rings (SSSR count). The number of anilines is 2. The van der Waals surface area contributed by atoms with Crippen LogP contribution in [0.4, 0.5) is 11.4 Å².